The second kappa shape index (κ2) is 6.86. The second-order valence-corrected chi connectivity index (χ2v) is 11.4. The first-order chi connectivity index (χ1) is 13.4. The zero-order chi connectivity index (χ0) is 19.4. The van der Waals surface area contributed by atoms with Crippen molar-refractivity contribution in [1.29, 1.82) is 0 Å². The lowest BCUT2D eigenvalue weighted by atomic mass is 9.49. The molecule has 5 aliphatic rings. The summed E-state index contributed by atoms with van der Waals surface area (Å²) < 4.78 is 5.71. The van der Waals surface area contributed by atoms with E-state index in [4.69, 9.17) is 4.74 Å². The lowest BCUT2D eigenvalue weighted by Crippen LogP contribution is -2.56. The Hall–Kier alpha value is -1.36. The van der Waals surface area contributed by atoms with Gasteiger partial charge in [0.1, 0.15) is 0 Å². The van der Waals surface area contributed by atoms with Crippen LogP contribution in [0.2, 0.25) is 0 Å². The summed E-state index contributed by atoms with van der Waals surface area (Å²) in [5.41, 5.74) is 2.15. The molecule has 28 heavy (non-hydrogen) atoms. The summed E-state index contributed by atoms with van der Waals surface area (Å²) in [4.78, 5) is 25.5. The molecule has 3 atom stereocenters. The van der Waals surface area contributed by atoms with Crippen LogP contribution in [-0.2, 0) is 20.7 Å². The predicted octanol–water partition coefficient (Wildman–Crippen LogP) is 4.46. The van der Waals surface area contributed by atoms with Gasteiger partial charge in [-0.05, 0) is 80.8 Å². The van der Waals surface area contributed by atoms with Crippen molar-refractivity contribution in [3.05, 3.63) is 35.4 Å². The molecule has 4 saturated carbocycles. The van der Waals surface area contributed by atoms with Crippen LogP contribution in [0.25, 0.3) is 0 Å². The first kappa shape index (κ1) is 18.7. The highest BCUT2D eigenvalue weighted by molar-refractivity contribution is 9.10. The van der Waals surface area contributed by atoms with Gasteiger partial charge in [-0.25, -0.2) is 0 Å². The van der Waals surface area contributed by atoms with Gasteiger partial charge >= 0.3 is 5.97 Å². The van der Waals surface area contributed by atoms with Gasteiger partial charge in [-0.3, -0.25) is 9.59 Å². The fraction of sp³-hybridized carbons (Fsp3) is 0.652. The zero-order valence-corrected chi connectivity index (χ0v) is 17.8. The molecule has 1 amide bonds. The van der Waals surface area contributed by atoms with Crippen molar-refractivity contribution in [1.82, 2.24) is 5.32 Å². The van der Waals surface area contributed by atoms with Gasteiger partial charge < -0.3 is 10.1 Å². The number of carbonyl (C=O) groups excluding carboxylic acids is 2. The fourth-order valence-corrected chi connectivity index (χ4v) is 8.27. The molecule has 0 saturated heterocycles. The number of fused-ring (bicyclic) bond motifs is 1. The van der Waals surface area contributed by atoms with Crippen LogP contribution in [0.15, 0.2) is 24.3 Å². The molecule has 150 valence electrons. The van der Waals surface area contributed by atoms with E-state index >= 15 is 0 Å². The highest BCUT2D eigenvalue weighted by Crippen LogP contribution is 2.64. The summed E-state index contributed by atoms with van der Waals surface area (Å²) in [6.45, 7) is -0.163. The van der Waals surface area contributed by atoms with E-state index < -0.39 is 0 Å². The first-order valence-corrected chi connectivity index (χ1v) is 11.5. The smallest absolute Gasteiger partial charge is 0.312 e. The molecule has 4 fully saturated rings. The van der Waals surface area contributed by atoms with E-state index in [9.17, 15) is 9.59 Å². The number of benzene rings is 1. The van der Waals surface area contributed by atoms with Crippen molar-refractivity contribution in [2.75, 3.05) is 6.61 Å². The Morgan fingerprint density at radius 1 is 1.14 bits per heavy atom. The molecule has 1 aromatic carbocycles. The van der Waals surface area contributed by atoms with Crippen molar-refractivity contribution in [3.63, 3.8) is 0 Å². The van der Waals surface area contributed by atoms with Crippen LogP contribution in [0.5, 0.6) is 0 Å². The number of rotatable bonds is 4. The van der Waals surface area contributed by atoms with E-state index in [2.05, 4.69) is 33.4 Å². The Balaban J connectivity index is 1.20. The summed E-state index contributed by atoms with van der Waals surface area (Å²) in [5, 5.41) is 3.09. The van der Waals surface area contributed by atoms with E-state index in [0.717, 1.165) is 38.5 Å². The topological polar surface area (TPSA) is 55.4 Å². The van der Waals surface area contributed by atoms with Gasteiger partial charge in [-0.2, -0.15) is 0 Å². The predicted molar refractivity (Wildman–Crippen MR) is 110 cm³/mol. The van der Waals surface area contributed by atoms with E-state index in [-0.39, 0.29) is 34.3 Å². The number of amides is 1. The maximum Gasteiger partial charge on any atom is 0.312 e. The molecule has 0 radical (unpaired) electrons. The van der Waals surface area contributed by atoms with Gasteiger partial charge in [0.05, 0.1) is 11.5 Å². The van der Waals surface area contributed by atoms with Crippen molar-refractivity contribution < 1.29 is 14.3 Å². The number of carbonyl (C=O) groups is 2. The van der Waals surface area contributed by atoms with Gasteiger partial charge in [0.15, 0.2) is 6.61 Å². The fourth-order valence-electron chi connectivity index (χ4n) is 6.81. The van der Waals surface area contributed by atoms with Crippen molar-refractivity contribution in [2.24, 2.45) is 17.3 Å². The normalized spacial score (nSPS) is 38.0. The highest BCUT2D eigenvalue weighted by Gasteiger charge is 2.60. The molecule has 4 nitrogen and oxygen atoms in total. The van der Waals surface area contributed by atoms with Crippen LogP contribution in [0, 0.1) is 17.3 Å². The lowest BCUT2D eigenvalue weighted by Gasteiger charge is -2.58. The molecule has 4 bridgehead atoms. The van der Waals surface area contributed by atoms with Crippen LogP contribution in [0.3, 0.4) is 0 Å². The Morgan fingerprint density at radius 2 is 1.89 bits per heavy atom. The number of halogens is 1. The van der Waals surface area contributed by atoms with Gasteiger partial charge in [-0.1, -0.05) is 40.2 Å². The summed E-state index contributed by atoms with van der Waals surface area (Å²) in [6.07, 6.45) is 9.43. The van der Waals surface area contributed by atoms with Gasteiger partial charge in [0.2, 0.25) is 0 Å². The van der Waals surface area contributed by atoms with Crippen molar-refractivity contribution >= 4 is 27.8 Å². The minimum Gasteiger partial charge on any atom is -0.455 e. The van der Waals surface area contributed by atoms with Gasteiger partial charge in [0, 0.05) is 4.32 Å². The third kappa shape index (κ3) is 3.30. The minimum atomic E-state index is -0.370. The quantitative estimate of drug-likeness (QED) is 0.549. The molecular weight excluding hydrogens is 418 g/mol. The third-order valence-corrected chi connectivity index (χ3v) is 8.39. The number of nitrogens with one attached hydrogen (secondary N) is 1. The van der Waals surface area contributed by atoms with E-state index in [0.29, 0.717) is 11.8 Å². The average Bonchev–Trinajstić information content (AvgIpc) is 2.64. The summed E-state index contributed by atoms with van der Waals surface area (Å²) in [5.74, 6) is 0.916. The van der Waals surface area contributed by atoms with E-state index in [1.165, 1.54) is 30.4 Å². The van der Waals surface area contributed by atoms with Crippen molar-refractivity contribution in [3.8, 4) is 0 Å². The van der Waals surface area contributed by atoms with Crippen LogP contribution in [0.1, 0.15) is 68.5 Å². The number of alkyl halides is 1. The second-order valence-electron chi connectivity index (χ2n) is 9.68. The molecule has 0 unspecified atom stereocenters. The first-order valence-electron chi connectivity index (χ1n) is 10.7. The monoisotopic (exact) mass is 445 g/mol. The molecule has 0 spiro atoms. The zero-order valence-electron chi connectivity index (χ0n) is 16.2. The summed E-state index contributed by atoms with van der Waals surface area (Å²) in [6, 6.07) is 8.33. The summed E-state index contributed by atoms with van der Waals surface area (Å²) >= 11 is 3.93. The molecular formula is C23H28BrNO3. The van der Waals surface area contributed by atoms with Crippen molar-refractivity contribution in [2.45, 2.75) is 68.2 Å². The molecule has 1 aromatic rings. The number of esters is 1. The Kier molecular flexibility index (Phi) is 4.57. The Morgan fingerprint density at radius 3 is 2.64 bits per heavy atom. The van der Waals surface area contributed by atoms with Gasteiger partial charge in [0.25, 0.3) is 5.91 Å². The molecule has 0 heterocycles. The Labute approximate surface area is 174 Å². The van der Waals surface area contributed by atoms with Gasteiger partial charge in [-0.15, -0.1) is 0 Å². The number of hydrogen-bond acceptors (Lipinski definition) is 3. The minimum absolute atomic E-state index is 0.0292. The molecule has 6 rings (SSSR count). The van der Waals surface area contributed by atoms with Crippen LogP contribution >= 0.6 is 15.9 Å². The lowest BCUT2D eigenvalue weighted by molar-refractivity contribution is -0.171. The number of hydrogen-bond donors (Lipinski definition) is 1. The maximum atomic E-state index is 13.0. The van der Waals surface area contributed by atoms with E-state index in [1.807, 2.05) is 12.1 Å². The molecule has 0 aromatic heterocycles. The largest absolute Gasteiger partial charge is 0.455 e. The maximum absolute atomic E-state index is 13.0. The number of ether oxygens (including phenoxy) is 1. The number of aryl methyl sites for hydroxylation is 1. The van der Waals surface area contributed by atoms with E-state index in [1.54, 1.807) is 0 Å². The SMILES string of the molecule is O=C(COC(=O)C12C[C@H]3C[C@@H](CC(Br)(C3)C1)C2)N[C@H]1CCCc2ccccc21. The molecule has 5 heteroatoms. The van der Waals surface area contributed by atoms with Crippen LogP contribution < -0.4 is 5.32 Å². The standard InChI is InChI=1S/C23H28BrNO3/c24-23-11-15-8-16(12-23)10-22(9-15,14-23)21(27)28-13-20(26)25-19-7-3-5-17-4-1-2-6-18(17)19/h1-2,4,6,15-16,19H,3,5,7-14H2,(H,25,26)/t15-,16-,19+,22?,23?/m1/s1. The van der Waals surface area contributed by atoms with Crippen LogP contribution in [0.4, 0.5) is 0 Å². The third-order valence-electron chi connectivity index (χ3n) is 7.46. The molecule has 5 aliphatic carbocycles. The highest BCUT2D eigenvalue weighted by atomic mass is 79.9. The van der Waals surface area contributed by atoms with Crippen LogP contribution in [-0.4, -0.2) is 22.8 Å². The molecule has 1 N–H and O–H groups in total. The molecule has 0 aliphatic heterocycles. The summed E-state index contributed by atoms with van der Waals surface area (Å²) in [7, 11) is 0. The Bertz CT molecular complexity index is 793. The average molecular weight is 446 g/mol.